The predicted octanol–water partition coefficient (Wildman–Crippen LogP) is -9.18. The van der Waals surface area contributed by atoms with Gasteiger partial charge in [-0.15, -0.1) is 0 Å². The molecule has 1 saturated heterocycles. The normalized spacial score (nSPS) is 16.4. The fraction of sp³-hybridized carbons (Fsp3) is 0.644. The first-order chi connectivity index (χ1) is 37.9. The molecule has 453 valence electrons. The van der Waals surface area contributed by atoms with Gasteiger partial charge < -0.3 is 58.5 Å². The number of hydrogen-bond acceptors (Lipinski definition) is 18. The average Bonchev–Trinajstić information content (AvgIpc) is 3.96. The molecule has 1 radical (unpaired) electrons. The van der Waals surface area contributed by atoms with E-state index in [9.17, 15) is 92.3 Å². The van der Waals surface area contributed by atoms with E-state index in [4.69, 9.17) is 28.0 Å². The molecule has 0 saturated carbocycles. The number of carbonyl (C=O) groups excluding carboxylic acids is 11. The molecule has 35 nitrogen and oxygen atoms in total. The van der Waals surface area contributed by atoms with Gasteiger partial charge >= 0.3 is 230 Å². The minimum atomic E-state index is -2.10. The molecule has 0 aliphatic carbocycles. The topological polar surface area (TPSA) is 594 Å². The Balaban J connectivity index is 3.47. The maximum absolute atomic E-state index is 13.8. The number of aliphatic imine (C=N–C) groups is 1. The van der Waals surface area contributed by atoms with Crippen LogP contribution in [0, 0.1) is 5.92 Å². The van der Waals surface area contributed by atoms with Gasteiger partial charge in [-0.05, 0) is 12.3 Å². The number of hydrogen-bond donors (Lipinski definition) is 19. The van der Waals surface area contributed by atoms with Gasteiger partial charge in [-0.3, -0.25) is 47.9 Å². The third kappa shape index (κ3) is 27.0. The zero-order valence-electron chi connectivity index (χ0n) is 44.2. The molecule has 1 aliphatic rings. The van der Waals surface area contributed by atoms with Crippen molar-refractivity contribution >= 4 is 111 Å². The Morgan fingerprint density at radius 2 is 0.963 bits per heavy atom. The van der Waals surface area contributed by atoms with Crippen LogP contribution >= 0.6 is 0 Å². The third-order valence-corrected chi connectivity index (χ3v) is 12.7. The van der Waals surface area contributed by atoms with Crippen molar-refractivity contribution in [3.63, 3.8) is 0 Å². The van der Waals surface area contributed by atoms with Crippen LogP contribution in [0.2, 0.25) is 5.32 Å². The molecule has 0 aromatic rings. The van der Waals surface area contributed by atoms with Crippen molar-refractivity contribution in [1.29, 1.82) is 0 Å². The Labute approximate surface area is 470 Å². The van der Waals surface area contributed by atoms with E-state index in [0.717, 1.165) is 6.42 Å². The van der Waals surface area contributed by atoms with Gasteiger partial charge in [-0.1, -0.05) is 20.3 Å². The number of carboxylic acid groups (broad SMARTS) is 4. The fourth-order valence-corrected chi connectivity index (χ4v) is 7.94. The third-order valence-electron chi connectivity index (χ3n) is 12.0. The van der Waals surface area contributed by atoms with Crippen LogP contribution in [0.4, 0.5) is 0 Å². The van der Waals surface area contributed by atoms with E-state index in [1.54, 1.807) is 0 Å². The average molecular weight is 1220 g/mol. The van der Waals surface area contributed by atoms with E-state index in [2.05, 4.69) is 68.9 Å². The molecule has 1 rings (SSSR count). The maximum atomic E-state index is 13.8. The van der Waals surface area contributed by atoms with E-state index in [-0.39, 0.29) is 37.1 Å². The van der Waals surface area contributed by atoms with Crippen LogP contribution in [0.15, 0.2) is 4.99 Å². The fourth-order valence-electron chi connectivity index (χ4n) is 7.45. The van der Waals surface area contributed by atoms with Crippen molar-refractivity contribution in [2.75, 3.05) is 19.7 Å². The van der Waals surface area contributed by atoms with Crippen molar-refractivity contribution in [2.24, 2.45) is 33.8 Å². The maximum Gasteiger partial charge on any atom is 0.326 e. The molecule has 11 atom stereocenters. The van der Waals surface area contributed by atoms with Gasteiger partial charge in [0.1, 0.15) is 30.2 Å². The van der Waals surface area contributed by atoms with Crippen LogP contribution in [0.5, 0.6) is 0 Å². The molecule has 36 heteroatoms. The van der Waals surface area contributed by atoms with Crippen molar-refractivity contribution in [3.8, 4) is 0 Å². The number of carboxylic acids is 4. The number of aliphatic hydroxyl groups is 1. The van der Waals surface area contributed by atoms with Crippen LogP contribution in [0.3, 0.4) is 0 Å². The number of primary amides is 2. The summed E-state index contributed by atoms with van der Waals surface area (Å²) in [7, 11) is 0. The van der Waals surface area contributed by atoms with Gasteiger partial charge in [0.15, 0.2) is 0 Å². The monoisotopic (exact) mass is 1220 g/mol. The molecule has 0 aromatic carbocycles. The molecule has 0 bridgehead atoms. The quantitative estimate of drug-likeness (QED) is 0.0118. The first kappa shape index (κ1) is 70.8. The molecule has 1 fully saturated rings. The summed E-state index contributed by atoms with van der Waals surface area (Å²) in [5.74, 6) is -20.5. The largest absolute Gasteiger partial charge is 0.481 e. The van der Waals surface area contributed by atoms with E-state index in [1.165, 1.54) is 13.8 Å². The second kappa shape index (κ2) is 36.1. The number of carbonyl (C=O) groups is 15. The summed E-state index contributed by atoms with van der Waals surface area (Å²) >= 11 is 2.64. The Morgan fingerprint density at radius 1 is 0.543 bits per heavy atom. The van der Waals surface area contributed by atoms with Crippen LogP contribution in [-0.4, -0.2) is 216 Å². The summed E-state index contributed by atoms with van der Waals surface area (Å²) in [5.41, 5.74) is 21.5. The molecular weight excluding hydrogens is 1150 g/mol. The Morgan fingerprint density at radius 3 is 1.40 bits per heavy atom. The van der Waals surface area contributed by atoms with Crippen LogP contribution in [-0.2, 0) is 71.9 Å². The summed E-state index contributed by atoms with van der Waals surface area (Å²) in [5, 5.41) is 70.5. The van der Waals surface area contributed by atoms with Crippen molar-refractivity contribution < 1.29 is 97.5 Å². The second-order valence-electron chi connectivity index (χ2n) is 18.4. The van der Waals surface area contributed by atoms with Gasteiger partial charge in [0.2, 0.25) is 35.4 Å². The smallest absolute Gasteiger partial charge is 0.326 e. The van der Waals surface area contributed by atoms with E-state index in [0.29, 0.717) is 13.0 Å². The SMILES string of the molecule is CC[C@H](C)[C@H](NC(=O)[C@H](CC(N)=O)NC(=O)[C@H](CC(N)=O)NC(=O)[C@H](CCC(=O)O)NC(=O)[C@H](CO)NC(=O)[C@H](CCCN=C(N)N)NC(=O)[C@H](C[Se])NC(=O)[C@@H]1CCCN1)C(=O)N[C@@H](CC(=O)O)C(=O)N[C@@H](CCC(=O)O)C(=O)O. The zero-order chi connectivity index (χ0) is 61.7. The number of nitrogens with two attached hydrogens (primary N) is 4. The van der Waals surface area contributed by atoms with Crippen LogP contribution in [0.25, 0.3) is 0 Å². The van der Waals surface area contributed by atoms with E-state index < -0.39 is 207 Å². The molecule has 1 aliphatic heterocycles. The second-order valence-corrected chi connectivity index (χ2v) is 19.1. The van der Waals surface area contributed by atoms with Crippen molar-refractivity contribution in [2.45, 2.75) is 157 Å². The molecular formula is C45H72N15O20Se. The first-order valence-corrected chi connectivity index (χ1v) is 26.3. The minimum absolute atomic E-state index is 0.0330. The van der Waals surface area contributed by atoms with Gasteiger partial charge in [-0.25, -0.2) is 4.79 Å². The number of amides is 11. The number of nitrogens with one attached hydrogen (secondary N) is 10. The van der Waals surface area contributed by atoms with Crippen LogP contribution < -0.4 is 76.1 Å². The van der Waals surface area contributed by atoms with E-state index in [1.807, 2.05) is 5.32 Å². The van der Waals surface area contributed by atoms with Gasteiger partial charge in [0, 0.05) is 12.8 Å². The zero-order valence-corrected chi connectivity index (χ0v) is 45.9. The molecule has 23 N–H and O–H groups in total. The van der Waals surface area contributed by atoms with Gasteiger partial charge in [0.05, 0.1) is 19.3 Å². The predicted molar refractivity (Wildman–Crippen MR) is 277 cm³/mol. The minimum Gasteiger partial charge on any atom is -0.481 e. The number of guanidine groups is 1. The molecule has 0 spiro atoms. The van der Waals surface area contributed by atoms with E-state index >= 15 is 0 Å². The number of nitrogens with zero attached hydrogens (tertiary/aromatic N) is 1. The summed E-state index contributed by atoms with van der Waals surface area (Å²) < 4.78 is 0. The summed E-state index contributed by atoms with van der Waals surface area (Å²) in [6.07, 6.45) is -5.04. The first-order valence-electron chi connectivity index (χ1n) is 25.1. The Kier molecular flexibility index (Phi) is 31.5. The molecule has 11 amide bonds. The summed E-state index contributed by atoms with van der Waals surface area (Å²) in [4.78, 5) is 196. The summed E-state index contributed by atoms with van der Waals surface area (Å²) in [6, 6.07) is -16.8. The van der Waals surface area contributed by atoms with Gasteiger partial charge in [-0.2, -0.15) is 0 Å². The van der Waals surface area contributed by atoms with Crippen molar-refractivity contribution in [3.05, 3.63) is 0 Å². The van der Waals surface area contributed by atoms with Crippen LogP contribution in [0.1, 0.15) is 90.9 Å². The van der Waals surface area contributed by atoms with Crippen molar-refractivity contribution in [1.82, 2.24) is 53.2 Å². The Hall–Kier alpha value is -8.24. The standard InChI is InChI=1S/C45H72N15O20Se/c1-3-19(2)34(43(78)57-26(16-33(68)69)39(74)54-23(44(79)80)9-11-32(66)67)60-40(75)25(15-30(47)63)56-38(73)24(14-29(46)62)55-37(72)22(8-10-31(64)65)53-41(76)27(17-61)58-36(71)21(7-5-13-51-45(48)49)52-42(77)28(18-81)59-35(70)20-6-4-12-50-20/h19-28,34,50,61H,3-18H2,1-2H3,(H2,46,62)(H2,47,63)(H,52,77)(H,53,76)(H,54,74)(H,55,72)(H,56,73)(H,57,78)(H,58,71)(H,59,70)(H,60,75)(H,64,65)(H,66,67)(H,68,69)(H,79,80)(H4,48,49,51)/t19-,20-,21-,22-,23-,24-,25-,26-,27-,28-,34-/m0/s1. The molecule has 81 heavy (non-hydrogen) atoms. The number of rotatable bonds is 39. The number of aliphatic carboxylic acids is 4. The summed E-state index contributed by atoms with van der Waals surface area (Å²) in [6.45, 7) is 2.31. The Bertz CT molecular complexity index is 2340. The van der Waals surface area contributed by atoms with Gasteiger partial charge in [0.25, 0.3) is 0 Å². The molecule has 1 heterocycles. The molecule has 0 unspecified atom stereocenters. The molecule has 0 aromatic heterocycles. The number of aliphatic hydroxyl groups excluding tert-OH is 1.